The zero-order valence-corrected chi connectivity index (χ0v) is 11.3. The zero-order chi connectivity index (χ0) is 13.4. The lowest BCUT2D eigenvalue weighted by Crippen LogP contribution is -2.21. The summed E-state index contributed by atoms with van der Waals surface area (Å²) in [5.74, 6) is 0.517. The quantitative estimate of drug-likeness (QED) is 0.629. The highest BCUT2D eigenvalue weighted by molar-refractivity contribution is 6.32. The highest BCUT2D eigenvalue weighted by atomic mass is 35.5. The van der Waals surface area contributed by atoms with Crippen molar-refractivity contribution >= 4 is 11.6 Å². The molecule has 1 aromatic carbocycles. The fourth-order valence-corrected chi connectivity index (χ4v) is 1.68. The van der Waals surface area contributed by atoms with Crippen molar-refractivity contribution < 1.29 is 14.9 Å². The maximum atomic E-state index is 9.18. The van der Waals surface area contributed by atoms with Crippen LogP contribution in [0.25, 0.3) is 0 Å². The number of halogens is 1. The van der Waals surface area contributed by atoms with Crippen LogP contribution in [-0.4, -0.2) is 36.1 Å². The number of nitrogens with one attached hydrogen (secondary N) is 1. The van der Waals surface area contributed by atoms with E-state index in [1.54, 1.807) is 6.07 Å². The SMILES string of the molecule is CCCNCc1ccc(OCC(O)CO)c(Cl)c1. The van der Waals surface area contributed by atoms with Crippen molar-refractivity contribution in [3.63, 3.8) is 0 Å². The van der Waals surface area contributed by atoms with Gasteiger partial charge < -0.3 is 20.3 Å². The first kappa shape index (κ1) is 15.2. The topological polar surface area (TPSA) is 61.7 Å². The van der Waals surface area contributed by atoms with E-state index in [0.717, 1.165) is 25.1 Å². The maximum Gasteiger partial charge on any atom is 0.138 e. The first-order valence-electron chi connectivity index (χ1n) is 6.08. The van der Waals surface area contributed by atoms with Crippen LogP contribution in [0.3, 0.4) is 0 Å². The van der Waals surface area contributed by atoms with Crippen LogP contribution in [0.15, 0.2) is 18.2 Å². The molecule has 0 heterocycles. The van der Waals surface area contributed by atoms with Crippen LogP contribution in [0.5, 0.6) is 5.75 Å². The van der Waals surface area contributed by atoms with Gasteiger partial charge in [0.25, 0.3) is 0 Å². The van der Waals surface area contributed by atoms with E-state index in [9.17, 15) is 5.11 Å². The van der Waals surface area contributed by atoms with E-state index in [1.807, 2.05) is 12.1 Å². The number of hydrogen-bond acceptors (Lipinski definition) is 4. The normalized spacial score (nSPS) is 12.4. The minimum Gasteiger partial charge on any atom is -0.489 e. The summed E-state index contributed by atoms with van der Waals surface area (Å²) in [5, 5.41) is 21.7. The maximum absolute atomic E-state index is 9.18. The van der Waals surface area contributed by atoms with Crippen molar-refractivity contribution in [3.8, 4) is 5.75 Å². The Hall–Kier alpha value is -0.810. The van der Waals surface area contributed by atoms with Crippen molar-refractivity contribution in [2.24, 2.45) is 0 Å². The van der Waals surface area contributed by atoms with E-state index in [2.05, 4.69) is 12.2 Å². The van der Waals surface area contributed by atoms with Gasteiger partial charge in [-0.25, -0.2) is 0 Å². The Labute approximate surface area is 113 Å². The number of ether oxygens (including phenoxy) is 1. The molecule has 0 bridgehead atoms. The predicted octanol–water partition coefficient (Wildman–Crippen LogP) is 1.57. The Bertz CT molecular complexity index is 360. The van der Waals surface area contributed by atoms with Crippen LogP contribution in [0, 0.1) is 0 Å². The van der Waals surface area contributed by atoms with Crippen LogP contribution in [-0.2, 0) is 6.54 Å². The lowest BCUT2D eigenvalue weighted by atomic mass is 10.2. The molecule has 1 unspecified atom stereocenters. The third kappa shape index (κ3) is 5.23. The summed E-state index contributed by atoms with van der Waals surface area (Å²) < 4.78 is 5.31. The van der Waals surface area contributed by atoms with Crippen LogP contribution in [0.4, 0.5) is 0 Å². The molecular weight excluding hydrogens is 254 g/mol. The van der Waals surface area contributed by atoms with E-state index in [0.29, 0.717) is 10.8 Å². The minimum atomic E-state index is -0.882. The molecule has 1 aromatic rings. The second-order valence-electron chi connectivity index (χ2n) is 4.09. The first-order valence-corrected chi connectivity index (χ1v) is 6.46. The average molecular weight is 274 g/mol. The van der Waals surface area contributed by atoms with Gasteiger partial charge in [-0.05, 0) is 30.7 Å². The van der Waals surface area contributed by atoms with Crippen molar-refractivity contribution in [2.75, 3.05) is 19.8 Å². The fourth-order valence-electron chi connectivity index (χ4n) is 1.42. The second-order valence-corrected chi connectivity index (χ2v) is 4.50. The van der Waals surface area contributed by atoms with Gasteiger partial charge >= 0.3 is 0 Å². The lowest BCUT2D eigenvalue weighted by Gasteiger charge is -2.12. The molecule has 0 amide bonds. The molecule has 0 spiro atoms. The molecule has 0 saturated heterocycles. The number of hydrogen-bond donors (Lipinski definition) is 3. The van der Waals surface area contributed by atoms with Gasteiger partial charge in [-0.3, -0.25) is 0 Å². The van der Waals surface area contributed by atoms with Gasteiger partial charge in [-0.15, -0.1) is 0 Å². The molecule has 0 aromatic heterocycles. The Morgan fingerprint density at radius 3 is 2.83 bits per heavy atom. The second kappa shape index (κ2) is 8.32. The molecule has 0 aliphatic rings. The number of aliphatic hydroxyl groups excluding tert-OH is 2. The van der Waals surface area contributed by atoms with Crippen LogP contribution in [0.1, 0.15) is 18.9 Å². The highest BCUT2D eigenvalue weighted by Crippen LogP contribution is 2.25. The van der Waals surface area contributed by atoms with Gasteiger partial charge in [0.05, 0.1) is 11.6 Å². The molecule has 4 nitrogen and oxygen atoms in total. The Morgan fingerprint density at radius 2 is 2.22 bits per heavy atom. The molecule has 0 aliphatic heterocycles. The molecule has 1 rings (SSSR count). The van der Waals surface area contributed by atoms with Gasteiger partial charge in [-0.2, -0.15) is 0 Å². The molecule has 1 atom stereocenters. The first-order chi connectivity index (χ1) is 8.67. The highest BCUT2D eigenvalue weighted by Gasteiger charge is 2.06. The standard InChI is InChI=1S/C13H20ClNO3/c1-2-5-15-7-10-3-4-13(12(14)6-10)18-9-11(17)8-16/h3-4,6,11,15-17H,2,5,7-9H2,1H3. The van der Waals surface area contributed by atoms with Gasteiger partial charge in [-0.1, -0.05) is 24.6 Å². The van der Waals surface area contributed by atoms with Crippen LogP contribution < -0.4 is 10.1 Å². The van der Waals surface area contributed by atoms with Gasteiger partial charge in [0, 0.05) is 6.54 Å². The molecule has 0 saturated carbocycles. The van der Waals surface area contributed by atoms with Crippen molar-refractivity contribution in [2.45, 2.75) is 26.0 Å². The summed E-state index contributed by atoms with van der Waals surface area (Å²) >= 11 is 6.07. The summed E-state index contributed by atoms with van der Waals surface area (Å²) in [5.41, 5.74) is 1.09. The summed E-state index contributed by atoms with van der Waals surface area (Å²) in [7, 11) is 0. The fraction of sp³-hybridized carbons (Fsp3) is 0.538. The van der Waals surface area contributed by atoms with E-state index in [1.165, 1.54) is 0 Å². The van der Waals surface area contributed by atoms with E-state index in [-0.39, 0.29) is 13.2 Å². The number of aliphatic hydroxyl groups is 2. The van der Waals surface area contributed by atoms with Gasteiger partial charge in [0.2, 0.25) is 0 Å². The third-order valence-electron chi connectivity index (χ3n) is 2.39. The lowest BCUT2D eigenvalue weighted by molar-refractivity contribution is 0.0536. The number of benzene rings is 1. The molecule has 102 valence electrons. The summed E-state index contributed by atoms with van der Waals surface area (Å²) in [6, 6.07) is 5.54. The van der Waals surface area contributed by atoms with Crippen molar-refractivity contribution in [1.82, 2.24) is 5.32 Å². The van der Waals surface area contributed by atoms with Crippen LogP contribution >= 0.6 is 11.6 Å². The zero-order valence-electron chi connectivity index (χ0n) is 10.5. The monoisotopic (exact) mass is 273 g/mol. The Morgan fingerprint density at radius 1 is 1.44 bits per heavy atom. The smallest absolute Gasteiger partial charge is 0.138 e. The largest absolute Gasteiger partial charge is 0.489 e. The van der Waals surface area contributed by atoms with Gasteiger partial charge in [0.1, 0.15) is 18.5 Å². The van der Waals surface area contributed by atoms with Gasteiger partial charge in [0.15, 0.2) is 0 Å². The van der Waals surface area contributed by atoms with Crippen molar-refractivity contribution in [1.29, 1.82) is 0 Å². The molecule has 3 N–H and O–H groups in total. The van der Waals surface area contributed by atoms with E-state index >= 15 is 0 Å². The molecule has 18 heavy (non-hydrogen) atoms. The number of rotatable bonds is 8. The van der Waals surface area contributed by atoms with Crippen molar-refractivity contribution in [3.05, 3.63) is 28.8 Å². The minimum absolute atomic E-state index is 0.0314. The van der Waals surface area contributed by atoms with Crippen LogP contribution in [0.2, 0.25) is 5.02 Å². The Balaban J connectivity index is 2.51. The molecule has 0 radical (unpaired) electrons. The molecule has 5 heteroatoms. The summed E-state index contributed by atoms with van der Waals surface area (Å²) in [4.78, 5) is 0. The van der Waals surface area contributed by atoms with E-state index < -0.39 is 6.10 Å². The molecular formula is C13H20ClNO3. The summed E-state index contributed by atoms with van der Waals surface area (Å²) in [6.45, 7) is 3.56. The summed E-state index contributed by atoms with van der Waals surface area (Å²) in [6.07, 6.45) is 0.209. The predicted molar refractivity (Wildman–Crippen MR) is 72.0 cm³/mol. The molecule has 0 aliphatic carbocycles. The average Bonchev–Trinajstić information content (AvgIpc) is 2.37. The Kier molecular flexibility index (Phi) is 7.05. The van der Waals surface area contributed by atoms with E-state index in [4.69, 9.17) is 21.4 Å². The molecule has 0 fully saturated rings. The third-order valence-corrected chi connectivity index (χ3v) is 2.69.